The Bertz CT molecular complexity index is 706. The van der Waals surface area contributed by atoms with Crippen LogP contribution in [0.1, 0.15) is 27.3 Å². The number of nitrogens with one attached hydrogen (secondary N) is 1. The first kappa shape index (κ1) is 16.6. The predicted octanol–water partition coefficient (Wildman–Crippen LogP) is 1.94. The zero-order valence-electron chi connectivity index (χ0n) is 14.2. The standard InChI is InChI=1S/C16H22N6OS/c1-4-17-13-5-6-14(20-19-13)21-7-9-22(10-8-21)16(23)15-11(2)18-12(3)24-15/h5-6H,4,7-10H2,1-3H3,(H,17,19). The SMILES string of the molecule is CCNc1ccc(N2CCN(C(=O)c3sc(C)nc3C)CC2)nn1. The molecule has 7 nitrogen and oxygen atoms in total. The van der Waals surface area contributed by atoms with Gasteiger partial charge in [0.2, 0.25) is 0 Å². The van der Waals surface area contributed by atoms with Crippen LogP contribution in [0.15, 0.2) is 12.1 Å². The number of nitrogens with zero attached hydrogens (tertiary/aromatic N) is 5. The average Bonchev–Trinajstić information content (AvgIpc) is 2.94. The molecule has 3 heterocycles. The van der Waals surface area contributed by atoms with Gasteiger partial charge in [0.1, 0.15) is 10.7 Å². The fourth-order valence-electron chi connectivity index (χ4n) is 2.78. The number of piperazine rings is 1. The van der Waals surface area contributed by atoms with Gasteiger partial charge in [-0.15, -0.1) is 21.5 Å². The zero-order valence-corrected chi connectivity index (χ0v) is 15.1. The fraction of sp³-hybridized carbons (Fsp3) is 0.500. The lowest BCUT2D eigenvalue weighted by Gasteiger charge is -2.35. The Morgan fingerprint density at radius 3 is 2.50 bits per heavy atom. The molecule has 1 saturated heterocycles. The number of aryl methyl sites for hydroxylation is 2. The van der Waals surface area contributed by atoms with Crippen molar-refractivity contribution in [2.24, 2.45) is 0 Å². The van der Waals surface area contributed by atoms with Crippen molar-refractivity contribution in [1.29, 1.82) is 0 Å². The third-order valence-corrected chi connectivity index (χ3v) is 5.06. The molecule has 24 heavy (non-hydrogen) atoms. The second-order valence-corrected chi connectivity index (χ2v) is 6.94. The molecule has 0 atom stereocenters. The number of aromatic nitrogens is 3. The quantitative estimate of drug-likeness (QED) is 0.912. The Kier molecular flexibility index (Phi) is 4.94. The zero-order chi connectivity index (χ0) is 17.1. The molecule has 0 bridgehead atoms. The molecule has 128 valence electrons. The van der Waals surface area contributed by atoms with Crippen LogP contribution in [0.3, 0.4) is 0 Å². The average molecular weight is 346 g/mol. The van der Waals surface area contributed by atoms with Crippen molar-refractivity contribution >= 4 is 28.9 Å². The molecule has 0 unspecified atom stereocenters. The van der Waals surface area contributed by atoms with Crippen molar-refractivity contribution in [2.75, 3.05) is 42.9 Å². The molecule has 8 heteroatoms. The van der Waals surface area contributed by atoms with Crippen LogP contribution in [-0.4, -0.2) is 58.7 Å². The van der Waals surface area contributed by atoms with Gasteiger partial charge in [-0.2, -0.15) is 0 Å². The van der Waals surface area contributed by atoms with Gasteiger partial charge in [-0.25, -0.2) is 4.98 Å². The predicted molar refractivity (Wildman–Crippen MR) is 95.9 cm³/mol. The van der Waals surface area contributed by atoms with Crippen LogP contribution < -0.4 is 10.2 Å². The Hall–Kier alpha value is -2.22. The Morgan fingerprint density at radius 1 is 1.21 bits per heavy atom. The Labute approximate surface area is 145 Å². The van der Waals surface area contributed by atoms with Gasteiger partial charge in [-0.1, -0.05) is 0 Å². The van der Waals surface area contributed by atoms with Crippen molar-refractivity contribution in [1.82, 2.24) is 20.1 Å². The molecule has 2 aromatic rings. The third-order valence-electron chi connectivity index (χ3n) is 4.00. The molecular formula is C16H22N6OS. The monoisotopic (exact) mass is 346 g/mol. The van der Waals surface area contributed by atoms with Gasteiger partial charge in [-0.3, -0.25) is 4.79 Å². The summed E-state index contributed by atoms with van der Waals surface area (Å²) in [5, 5.41) is 12.5. The number of carbonyl (C=O) groups excluding carboxylic acids is 1. The van der Waals surface area contributed by atoms with E-state index in [2.05, 4.69) is 25.4 Å². The van der Waals surface area contributed by atoms with E-state index in [1.165, 1.54) is 11.3 Å². The van der Waals surface area contributed by atoms with E-state index >= 15 is 0 Å². The van der Waals surface area contributed by atoms with E-state index in [4.69, 9.17) is 0 Å². The van der Waals surface area contributed by atoms with Gasteiger partial charge in [-0.05, 0) is 32.9 Å². The minimum absolute atomic E-state index is 0.0892. The van der Waals surface area contributed by atoms with Crippen LogP contribution in [0.4, 0.5) is 11.6 Å². The lowest BCUT2D eigenvalue weighted by molar-refractivity contribution is 0.0750. The summed E-state index contributed by atoms with van der Waals surface area (Å²) in [6.07, 6.45) is 0. The summed E-state index contributed by atoms with van der Waals surface area (Å²) < 4.78 is 0. The number of thiazole rings is 1. The molecule has 1 amide bonds. The van der Waals surface area contributed by atoms with E-state index in [9.17, 15) is 4.79 Å². The molecule has 2 aromatic heterocycles. The number of hydrogen-bond acceptors (Lipinski definition) is 7. The molecule has 0 radical (unpaired) electrons. The molecule has 1 fully saturated rings. The van der Waals surface area contributed by atoms with E-state index < -0.39 is 0 Å². The van der Waals surface area contributed by atoms with Gasteiger partial charge in [0.15, 0.2) is 5.82 Å². The molecule has 0 saturated carbocycles. The topological polar surface area (TPSA) is 74.2 Å². The summed E-state index contributed by atoms with van der Waals surface area (Å²) in [5.74, 6) is 1.73. The van der Waals surface area contributed by atoms with Crippen LogP contribution in [0.5, 0.6) is 0 Å². The Balaban J connectivity index is 1.61. The molecule has 1 aliphatic heterocycles. The van der Waals surface area contributed by atoms with E-state index in [0.29, 0.717) is 13.1 Å². The first-order valence-electron chi connectivity index (χ1n) is 8.14. The maximum atomic E-state index is 12.6. The minimum Gasteiger partial charge on any atom is -0.369 e. The van der Waals surface area contributed by atoms with Crippen molar-refractivity contribution in [3.05, 3.63) is 27.7 Å². The molecular weight excluding hydrogens is 324 g/mol. The van der Waals surface area contributed by atoms with Crippen LogP contribution in [-0.2, 0) is 0 Å². The number of amides is 1. The number of rotatable bonds is 4. The third kappa shape index (κ3) is 3.48. The minimum atomic E-state index is 0.0892. The molecule has 0 aromatic carbocycles. The smallest absolute Gasteiger partial charge is 0.265 e. The maximum absolute atomic E-state index is 12.6. The van der Waals surface area contributed by atoms with Gasteiger partial charge in [0.25, 0.3) is 5.91 Å². The molecule has 0 spiro atoms. The van der Waals surface area contributed by atoms with Crippen molar-refractivity contribution in [2.45, 2.75) is 20.8 Å². The van der Waals surface area contributed by atoms with Crippen LogP contribution >= 0.6 is 11.3 Å². The number of hydrogen-bond donors (Lipinski definition) is 1. The molecule has 3 rings (SSSR count). The van der Waals surface area contributed by atoms with Crippen molar-refractivity contribution in [3.63, 3.8) is 0 Å². The van der Waals surface area contributed by atoms with E-state index in [1.807, 2.05) is 37.8 Å². The van der Waals surface area contributed by atoms with E-state index in [-0.39, 0.29) is 5.91 Å². The number of carbonyl (C=O) groups is 1. The lowest BCUT2D eigenvalue weighted by Crippen LogP contribution is -2.49. The number of anilines is 2. The summed E-state index contributed by atoms with van der Waals surface area (Å²) in [7, 11) is 0. The molecule has 1 aliphatic rings. The maximum Gasteiger partial charge on any atom is 0.265 e. The van der Waals surface area contributed by atoms with Crippen LogP contribution in [0.2, 0.25) is 0 Å². The first-order chi connectivity index (χ1) is 11.6. The summed E-state index contributed by atoms with van der Waals surface area (Å²) in [5.41, 5.74) is 0.829. The second kappa shape index (κ2) is 7.12. The van der Waals surface area contributed by atoms with Gasteiger partial charge >= 0.3 is 0 Å². The highest BCUT2D eigenvalue weighted by atomic mass is 32.1. The van der Waals surface area contributed by atoms with Crippen LogP contribution in [0.25, 0.3) is 0 Å². The molecule has 0 aliphatic carbocycles. The second-order valence-electron chi connectivity index (χ2n) is 5.73. The van der Waals surface area contributed by atoms with Crippen molar-refractivity contribution in [3.8, 4) is 0 Å². The first-order valence-corrected chi connectivity index (χ1v) is 8.96. The highest BCUT2D eigenvalue weighted by Crippen LogP contribution is 2.21. The largest absolute Gasteiger partial charge is 0.369 e. The van der Waals surface area contributed by atoms with Gasteiger partial charge in [0, 0.05) is 32.7 Å². The van der Waals surface area contributed by atoms with E-state index in [1.54, 1.807) is 0 Å². The highest BCUT2D eigenvalue weighted by molar-refractivity contribution is 7.13. The highest BCUT2D eigenvalue weighted by Gasteiger charge is 2.25. The summed E-state index contributed by atoms with van der Waals surface area (Å²) in [4.78, 5) is 21.8. The van der Waals surface area contributed by atoms with Crippen LogP contribution in [0, 0.1) is 13.8 Å². The summed E-state index contributed by atoms with van der Waals surface area (Å²) in [6, 6.07) is 3.91. The fourth-order valence-corrected chi connectivity index (χ4v) is 3.67. The molecule has 1 N–H and O–H groups in total. The van der Waals surface area contributed by atoms with E-state index in [0.717, 1.165) is 46.8 Å². The summed E-state index contributed by atoms with van der Waals surface area (Å²) in [6.45, 7) is 9.58. The van der Waals surface area contributed by atoms with Gasteiger partial charge in [0.05, 0.1) is 10.7 Å². The lowest BCUT2D eigenvalue weighted by atomic mass is 10.2. The Morgan fingerprint density at radius 2 is 1.96 bits per heavy atom. The van der Waals surface area contributed by atoms with Crippen molar-refractivity contribution < 1.29 is 4.79 Å². The summed E-state index contributed by atoms with van der Waals surface area (Å²) >= 11 is 1.47. The van der Waals surface area contributed by atoms with Gasteiger partial charge < -0.3 is 15.1 Å². The normalized spacial score (nSPS) is 14.8.